The zero-order chi connectivity index (χ0) is 21.2. The smallest absolute Gasteiger partial charge is 0.244 e. The van der Waals surface area contributed by atoms with Gasteiger partial charge in [0, 0.05) is 25.3 Å². The fourth-order valence-electron chi connectivity index (χ4n) is 4.89. The lowest BCUT2D eigenvalue weighted by atomic mass is 9.84. The molecule has 0 saturated heterocycles. The molecule has 1 amide bonds. The third kappa shape index (κ3) is 4.97. The molecular weight excluding hydrogens is 406 g/mol. The van der Waals surface area contributed by atoms with E-state index in [2.05, 4.69) is 17.2 Å². The second-order valence-electron chi connectivity index (χ2n) is 8.32. The maximum absolute atomic E-state index is 12.7. The van der Waals surface area contributed by atoms with Crippen molar-refractivity contribution in [2.45, 2.75) is 74.6 Å². The summed E-state index contributed by atoms with van der Waals surface area (Å²) >= 11 is 1.36. The Hall–Kier alpha value is -1.12. The number of thioether (sulfide) groups is 1. The van der Waals surface area contributed by atoms with E-state index in [1.165, 1.54) is 47.9 Å². The molecule has 162 valence electrons. The number of hydrogen-bond acceptors (Lipinski definition) is 5. The molecule has 2 saturated carbocycles. The molecular formula is C21H33N3O3S2. The van der Waals surface area contributed by atoms with E-state index < -0.39 is 10.0 Å². The second-order valence-corrected chi connectivity index (χ2v) is 11.6. The summed E-state index contributed by atoms with van der Waals surface area (Å²) in [6, 6.07) is 3.46. The molecule has 1 aromatic rings. The quantitative estimate of drug-likeness (QED) is 0.596. The van der Waals surface area contributed by atoms with Gasteiger partial charge in [-0.2, -0.15) is 4.31 Å². The molecule has 0 spiro atoms. The van der Waals surface area contributed by atoms with Gasteiger partial charge in [-0.3, -0.25) is 4.79 Å². The van der Waals surface area contributed by atoms with Crippen LogP contribution in [0.1, 0.15) is 53.4 Å². The number of carbonyl (C=O) groups excluding carboxylic acids is 1. The van der Waals surface area contributed by atoms with Crippen molar-refractivity contribution in [1.82, 2.24) is 14.6 Å². The van der Waals surface area contributed by atoms with Crippen LogP contribution in [0.4, 0.5) is 0 Å². The molecule has 0 aromatic carbocycles. The third-order valence-corrected chi connectivity index (χ3v) is 9.61. The van der Waals surface area contributed by atoms with Gasteiger partial charge < -0.3 is 5.32 Å². The summed E-state index contributed by atoms with van der Waals surface area (Å²) in [6.45, 7) is 8.48. The van der Waals surface area contributed by atoms with Crippen LogP contribution in [0.2, 0.25) is 0 Å². The lowest BCUT2D eigenvalue weighted by molar-refractivity contribution is -0.121. The Bertz CT molecular complexity index is 809. The first-order valence-corrected chi connectivity index (χ1v) is 13.0. The fraction of sp³-hybridized carbons (Fsp3) is 0.714. The summed E-state index contributed by atoms with van der Waals surface area (Å²) in [6.07, 6.45) is 6.64. The van der Waals surface area contributed by atoms with E-state index in [1.807, 2.05) is 20.8 Å². The van der Waals surface area contributed by atoms with Crippen LogP contribution in [-0.4, -0.2) is 48.0 Å². The molecule has 8 heteroatoms. The molecule has 6 nitrogen and oxygen atoms in total. The molecule has 2 fully saturated rings. The highest BCUT2D eigenvalue weighted by molar-refractivity contribution is 8.00. The van der Waals surface area contributed by atoms with E-state index in [9.17, 15) is 13.2 Å². The van der Waals surface area contributed by atoms with E-state index in [-0.39, 0.29) is 22.1 Å². The van der Waals surface area contributed by atoms with Crippen molar-refractivity contribution < 1.29 is 13.2 Å². The van der Waals surface area contributed by atoms with Gasteiger partial charge in [0.15, 0.2) is 0 Å². The van der Waals surface area contributed by atoms with Crippen molar-refractivity contribution in [3.63, 3.8) is 0 Å². The summed E-state index contributed by atoms with van der Waals surface area (Å²) in [5, 5.41) is 3.57. The van der Waals surface area contributed by atoms with Gasteiger partial charge in [-0.05, 0) is 63.0 Å². The van der Waals surface area contributed by atoms with E-state index in [1.54, 1.807) is 12.1 Å². The SMILES string of the molecule is CCN(CC)S(=O)(=O)c1ccc(SC(C)C(=O)NC(C)C2CC3CCC2C3)nc1. The van der Waals surface area contributed by atoms with Gasteiger partial charge >= 0.3 is 0 Å². The predicted octanol–water partition coefficient (Wildman–Crippen LogP) is 3.53. The Morgan fingerprint density at radius 3 is 2.48 bits per heavy atom. The maximum Gasteiger partial charge on any atom is 0.244 e. The average Bonchev–Trinajstić information content (AvgIpc) is 3.32. The van der Waals surface area contributed by atoms with Crippen LogP contribution in [0.3, 0.4) is 0 Å². The monoisotopic (exact) mass is 439 g/mol. The van der Waals surface area contributed by atoms with Gasteiger partial charge in [0.25, 0.3) is 0 Å². The number of nitrogens with one attached hydrogen (secondary N) is 1. The number of carbonyl (C=O) groups is 1. The number of sulfonamides is 1. The molecule has 2 aliphatic rings. The Morgan fingerprint density at radius 2 is 1.97 bits per heavy atom. The minimum absolute atomic E-state index is 0.0203. The average molecular weight is 440 g/mol. The number of fused-ring (bicyclic) bond motifs is 2. The van der Waals surface area contributed by atoms with Gasteiger partial charge in [0.2, 0.25) is 15.9 Å². The number of nitrogens with zero attached hydrogens (tertiary/aromatic N) is 2. The van der Waals surface area contributed by atoms with Crippen molar-refractivity contribution >= 4 is 27.7 Å². The van der Waals surface area contributed by atoms with E-state index >= 15 is 0 Å². The summed E-state index contributed by atoms with van der Waals surface area (Å²) in [5.74, 6) is 2.27. The normalized spacial score (nSPS) is 25.9. The van der Waals surface area contributed by atoms with Gasteiger partial charge in [0.05, 0.1) is 10.3 Å². The largest absolute Gasteiger partial charge is 0.352 e. The van der Waals surface area contributed by atoms with Gasteiger partial charge in [-0.1, -0.05) is 32.0 Å². The molecule has 5 atom stereocenters. The Balaban J connectivity index is 1.56. The van der Waals surface area contributed by atoms with E-state index in [0.29, 0.717) is 24.0 Å². The zero-order valence-corrected chi connectivity index (χ0v) is 19.4. The molecule has 1 N–H and O–H groups in total. The fourth-order valence-corrected chi connectivity index (χ4v) is 7.09. The lowest BCUT2D eigenvalue weighted by Crippen LogP contribution is -2.43. The minimum Gasteiger partial charge on any atom is -0.352 e. The van der Waals surface area contributed by atoms with E-state index in [0.717, 1.165) is 11.8 Å². The van der Waals surface area contributed by atoms with Crippen molar-refractivity contribution in [2.75, 3.05) is 13.1 Å². The van der Waals surface area contributed by atoms with Crippen LogP contribution in [-0.2, 0) is 14.8 Å². The third-order valence-electron chi connectivity index (χ3n) is 6.52. The summed E-state index contributed by atoms with van der Waals surface area (Å²) < 4.78 is 26.5. The van der Waals surface area contributed by atoms with Crippen LogP contribution in [0.5, 0.6) is 0 Å². The standard InChI is InChI=1S/C21H33N3O3S2/c1-5-24(6-2)29(26,27)18-9-10-20(22-13-18)28-15(4)21(25)23-14(3)19-12-16-7-8-17(19)11-16/h9-10,13-17,19H,5-8,11-12H2,1-4H3,(H,23,25). The number of amides is 1. The molecule has 0 radical (unpaired) electrons. The van der Waals surface area contributed by atoms with Crippen molar-refractivity contribution in [3.05, 3.63) is 18.3 Å². The molecule has 1 aromatic heterocycles. The van der Waals surface area contributed by atoms with Crippen LogP contribution < -0.4 is 5.32 Å². The van der Waals surface area contributed by atoms with E-state index in [4.69, 9.17) is 0 Å². The Labute approximate surface area is 179 Å². The summed E-state index contributed by atoms with van der Waals surface area (Å²) in [5.41, 5.74) is 0. The number of pyridine rings is 1. The second kappa shape index (κ2) is 9.35. The predicted molar refractivity (Wildman–Crippen MR) is 116 cm³/mol. The highest BCUT2D eigenvalue weighted by Crippen LogP contribution is 2.49. The zero-order valence-electron chi connectivity index (χ0n) is 17.8. The first-order chi connectivity index (χ1) is 13.8. The van der Waals surface area contributed by atoms with Crippen molar-refractivity contribution in [2.24, 2.45) is 17.8 Å². The molecule has 1 heterocycles. The molecule has 29 heavy (non-hydrogen) atoms. The minimum atomic E-state index is -3.51. The van der Waals surface area contributed by atoms with Crippen molar-refractivity contribution in [1.29, 1.82) is 0 Å². The summed E-state index contributed by atoms with van der Waals surface area (Å²) in [4.78, 5) is 17.1. The van der Waals surface area contributed by atoms with Gasteiger partial charge in [0.1, 0.15) is 4.90 Å². The maximum atomic E-state index is 12.7. The van der Waals surface area contributed by atoms with Gasteiger partial charge in [-0.25, -0.2) is 13.4 Å². The van der Waals surface area contributed by atoms with Gasteiger partial charge in [-0.15, -0.1) is 0 Å². The van der Waals surface area contributed by atoms with Crippen LogP contribution in [0.25, 0.3) is 0 Å². The summed E-state index contributed by atoms with van der Waals surface area (Å²) in [7, 11) is -3.51. The molecule has 0 aliphatic heterocycles. The number of hydrogen-bond donors (Lipinski definition) is 1. The first-order valence-electron chi connectivity index (χ1n) is 10.7. The highest BCUT2D eigenvalue weighted by atomic mass is 32.2. The topological polar surface area (TPSA) is 79.4 Å². The van der Waals surface area contributed by atoms with Crippen LogP contribution >= 0.6 is 11.8 Å². The lowest BCUT2D eigenvalue weighted by Gasteiger charge is -2.29. The molecule has 3 rings (SSSR count). The van der Waals surface area contributed by atoms with Crippen molar-refractivity contribution in [3.8, 4) is 0 Å². The number of aromatic nitrogens is 1. The van der Waals surface area contributed by atoms with Crippen LogP contribution in [0, 0.1) is 17.8 Å². The Morgan fingerprint density at radius 1 is 1.24 bits per heavy atom. The Kier molecular flexibility index (Phi) is 7.27. The molecule has 2 aliphatic carbocycles. The number of rotatable bonds is 9. The molecule has 5 unspecified atom stereocenters. The first kappa shape index (κ1) is 22.6. The van der Waals surface area contributed by atoms with Crippen LogP contribution in [0.15, 0.2) is 28.3 Å². The molecule has 2 bridgehead atoms. The highest BCUT2D eigenvalue weighted by Gasteiger charge is 2.42.